The highest BCUT2D eigenvalue weighted by Gasteiger charge is 2.47. The normalized spacial score (nSPS) is 21.8. The van der Waals surface area contributed by atoms with Gasteiger partial charge in [0.05, 0.1) is 6.61 Å². The molecule has 1 fully saturated rings. The first-order valence-corrected chi connectivity index (χ1v) is 18.2. The van der Waals surface area contributed by atoms with Crippen molar-refractivity contribution in [2.24, 2.45) is 11.8 Å². The van der Waals surface area contributed by atoms with Gasteiger partial charge in [0.2, 0.25) is 5.92 Å². The third-order valence-electron chi connectivity index (χ3n) is 9.58. The molecule has 0 radical (unpaired) electrons. The smallest absolute Gasteiger partial charge is 0.258 e. The zero-order chi connectivity index (χ0) is 28.4. The molecule has 1 saturated carbocycles. The SMILES string of the molecule is CC(C)[Si](Oc1ccc2c(c1)CCC(C1CCC(F)(F)CC1)C2c1ccc(OCCBr)cc1)(C(C)C)C(C)C. The van der Waals surface area contributed by atoms with Crippen LogP contribution in [-0.2, 0) is 6.42 Å². The molecule has 39 heavy (non-hydrogen) atoms. The van der Waals surface area contributed by atoms with Gasteiger partial charge in [0.15, 0.2) is 0 Å². The van der Waals surface area contributed by atoms with Crippen LogP contribution < -0.4 is 9.16 Å². The molecular formula is C33H47BrF2O2Si. The molecule has 6 heteroatoms. The molecule has 2 aliphatic rings. The number of halogens is 3. The third kappa shape index (κ3) is 6.58. The van der Waals surface area contributed by atoms with E-state index >= 15 is 0 Å². The lowest BCUT2D eigenvalue weighted by molar-refractivity contribution is -0.0539. The van der Waals surface area contributed by atoms with Crippen LogP contribution >= 0.6 is 15.9 Å². The van der Waals surface area contributed by atoms with Crippen LogP contribution in [0.25, 0.3) is 0 Å². The van der Waals surface area contributed by atoms with E-state index in [1.54, 1.807) is 0 Å². The average Bonchev–Trinajstić information content (AvgIpc) is 2.89. The van der Waals surface area contributed by atoms with Crippen LogP contribution in [-0.4, -0.2) is 26.2 Å². The molecule has 0 heterocycles. The standard InChI is InChI=1S/C33H47BrF2O2Si/c1-22(2)39(23(3)4,24(5)6)38-29-12-14-31-27(21-29)9-13-30(25-15-17-33(35,36)18-16-25)32(31)26-7-10-28(11-8-26)37-20-19-34/h7-8,10-12,14,21-25,30,32H,9,13,15-20H2,1-6H3. The van der Waals surface area contributed by atoms with E-state index < -0.39 is 14.2 Å². The highest BCUT2D eigenvalue weighted by atomic mass is 79.9. The Morgan fingerprint density at radius 2 is 1.46 bits per heavy atom. The van der Waals surface area contributed by atoms with E-state index in [2.05, 4.69) is 99.9 Å². The predicted octanol–water partition coefficient (Wildman–Crippen LogP) is 10.5. The molecule has 0 saturated heterocycles. The largest absolute Gasteiger partial charge is 0.543 e. The van der Waals surface area contributed by atoms with Crippen molar-refractivity contribution in [1.82, 2.24) is 0 Å². The van der Waals surface area contributed by atoms with Crippen molar-refractivity contribution in [2.75, 3.05) is 11.9 Å². The van der Waals surface area contributed by atoms with E-state index in [0.717, 1.165) is 29.7 Å². The van der Waals surface area contributed by atoms with Crippen LogP contribution in [0, 0.1) is 11.8 Å². The Bertz CT molecular complexity index is 1050. The molecule has 0 N–H and O–H groups in total. The molecule has 2 aromatic carbocycles. The van der Waals surface area contributed by atoms with Crippen LogP contribution in [0.5, 0.6) is 11.5 Å². The summed E-state index contributed by atoms with van der Waals surface area (Å²) in [6.45, 7) is 14.6. The van der Waals surface area contributed by atoms with Gasteiger partial charge < -0.3 is 9.16 Å². The summed E-state index contributed by atoms with van der Waals surface area (Å²) in [5, 5.41) is 0.790. The second-order valence-electron chi connectivity index (χ2n) is 12.8. The van der Waals surface area contributed by atoms with Crippen molar-refractivity contribution in [3.8, 4) is 11.5 Å². The van der Waals surface area contributed by atoms with Gasteiger partial charge in [-0.1, -0.05) is 75.7 Å². The van der Waals surface area contributed by atoms with Crippen LogP contribution in [0.1, 0.15) is 96.3 Å². The number of benzene rings is 2. The van der Waals surface area contributed by atoms with Gasteiger partial charge in [0.1, 0.15) is 11.5 Å². The van der Waals surface area contributed by atoms with Crippen molar-refractivity contribution >= 4 is 24.2 Å². The molecule has 4 rings (SSSR count). The van der Waals surface area contributed by atoms with Gasteiger partial charge in [-0.25, -0.2) is 8.78 Å². The minimum absolute atomic E-state index is 0.0200. The summed E-state index contributed by atoms with van der Waals surface area (Å²) < 4.78 is 41.0. The topological polar surface area (TPSA) is 18.5 Å². The summed E-state index contributed by atoms with van der Waals surface area (Å²) in [6, 6.07) is 15.3. The van der Waals surface area contributed by atoms with Gasteiger partial charge in [-0.05, 0) is 95.1 Å². The summed E-state index contributed by atoms with van der Waals surface area (Å²) in [6.07, 6.45) is 3.27. The first-order chi connectivity index (χ1) is 18.5. The van der Waals surface area contributed by atoms with Gasteiger partial charge >= 0.3 is 0 Å². The maximum absolute atomic E-state index is 14.1. The van der Waals surface area contributed by atoms with E-state index in [9.17, 15) is 8.78 Å². The molecule has 2 nitrogen and oxygen atoms in total. The quantitative estimate of drug-likeness (QED) is 0.194. The lowest BCUT2D eigenvalue weighted by Crippen LogP contribution is -2.50. The maximum atomic E-state index is 14.1. The van der Waals surface area contributed by atoms with Crippen molar-refractivity contribution in [1.29, 1.82) is 0 Å². The monoisotopic (exact) mass is 620 g/mol. The van der Waals surface area contributed by atoms with Crippen LogP contribution in [0.4, 0.5) is 8.78 Å². The van der Waals surface area contributed by atoms with Gasteiger partial charge in [-0.2, -0.15) is 0 Å². The Balaban J connectivity index is 1.69. The zero-order valence-corrected chi connectivity index (χ0v) is 27.2. The summed E-state index contributed by atoms with van der Waals surface area (Å²) in [7, 11) is -2.05. The van der Waals surface area contributed by atoms with E-state index in [-0.39, 0.29) is 18.8 Å². The van der Waals surface area contributed by atoms with Gasteiger partial charge in [-0.15, -0.1) is 0 Å². The number of hydrogen-bond donors (Lipinski definition) is 0. The molecular weight excluding hydrogens is 574 g/mol. The Labute approximate surface area is 244 Å². The van der Waals surface area contributed by atoms with Crippen LogP contribution in [0.2, 0.25) is 16.6 Å². The second kappa shape index (κ2) is 12.6. The van der Waals surface area contributed by atoms with Gasteiger partial charge in [-0.3, -0.25) is 0 Å². The first-order valence-electron chi connectivity index (χ1n) is 15.0. The Morgan fingerprint density at radius 3 is 2.03 bits per heavy atom. The van der Waals surface area contributed by atoms with E-state index in [1.165, 1.54) is 16.7 Å². The number of ether oxygens (including phenoxy) is 1. The van der Waals surface area contributed by atoms with Crippen LogP contribution in [0.3, 0.4) is 0 Å². The fourth-order valence-electron chi connectivity index (χ4n) is 7.80. The lowest BCUT2D eigenvalue weighted by Gasteiger charge is -2.43. The molecule has 0 spiro atoms. The Kier molecular flexibility index (Phi) is 9.89. The summed E-state index contributed by atoms with van der Waals surface area (Å²) in [4.78, 5) is 0. The van der Waals surface area contributed by atoms with Crippen LogP contribution in [0.15, 0.2) is 42.5 Å². The lowest BCUT2D eigenvalue weighted by atomic mass is 9.64. The minimum Gasteiger partial charge on any atom is -0.543 e. The number of rotatable bonds is 10. The highest BCUT2D eigenvalue weighted by molar-refractivity contribution is 9.09. The van der Waals surface area contributed by atoms with Crippen molar-refractivity contribution in [3.63, 3.8) is 0 Å². The zero-order valence-electron chi connectivity index (χ0n) is 24.6. The molecule has 2 unspecified atom stereocenters. The number of aryl methyl sites for hydroxylation is 1. The average molecular weight is 622 g/mol. The molecule has 0 aliphatic heterocycles. The van der Waals surface area contributed by atoms with E-state index in [4.69, 9.17) is 9.16 Å². The fourth-order valence-corrected chi connectivity index (χ4v) is 13.2. The third-order valence-corrected chi connectivity index (χ3v) is 15.9. The van der Waals surface area contributed by atoms with E-state index in [0.29, 0.717) is 47.9 Å². The highest BCUT2D eigenvalue weighted by Crippen LogP contribution is 2.51. The molecule has 2 aromatic rings. The van der Waals surface area contributed by atoms with Gasteiger partial charge in [0.25, 0.3) is 8.32 Å². The van der Waals surface area contributed by atoms with Crippen molar-refractivity contribution < 1.29 is 17.9 Å². The maximum Gasteiger partial charge on any atom is 0.258 e. The summed E-state index contributed by atoms with van der Waals surface area (Å²) >= 11 is 3.42. The number of alkyl halides is 3. The molecule has 2 aliphatic carbocycles. The molecule has 2 atom stereocenters. The Morgan fingerprint density at radius 1 is 0.872 bits per heavy atom. The number of fused-ring (bicyclic) bond motifs is 1. The van der Waals surface area contributed by atoms with E-state index in [1.807, 2.05) is 0 Å². The van der Waals surface area contributed by atoms with Crippen molar-refractivity contribution in [2.45, 2.75) is 109 Å². The first kappa shape index (κ1) is 30.6. The second-order valence-corrected chi connectivity index (χ2v) is 18.9. The number of hydrogen-bond acceptors (Lipinski definition) is 2. The summed E-state index contributed by atoms with van der Waals surface area (Å²) in [5.74, 6) is 0.260. The molecule has 0 aromatic heterocycles. The molecule has 0 amide bonds. The predicted molar refractivity (Wildman–Crippen MR) is 164 cm³/mol. The molecule has 0 bridgehead atoms. The Hall–Kier alpha value is -1.40. The van der Waals surface area contributed by atoms with Gasteiger partial charge in [0, 0.05) is 24.1 Å². The fraction of sp³-hybridized carbons (Fsp3) is 0.636. The summed E-state index contributed by atoms with van der Waals surface area (Å²) in [5.41, 5.74) is 5.50. The molecule has 216 valence electrons. The minimum atomic E-state index is -2.50. The van der Waals surface area contributed by atoms with Crippen molar-refractivity contribution in [3.05, 3.63) is 59.2 Å².